The van der Waals surface area contributed by atoms with Gasteiger partial charge in [0.1, 0.15) is 11.6 Å². The SMILES string of the molecule is COc1ccc(N2CC3(CN(C(=O)Cc4c(C)nc(C)[nH]c4=O)C3)C2)cc1. The van der Waals surface area contributed by atoms with Crippen LogP contribution < -0.4 is 15.2 Å². The van der Waals surface area contributed by atoms with Gasteiger partial charge in [0.15, 0.2) is 0 Å². The van der Waals surface area contributed by atoms with Crippen LogP contribution in [0.3, 0.4) is 0 Å². The summed E-state index contributed by atoms with van der Waals surface area (Å²) in [5, 5.41) is 0. The normalized spacial score (nSPS) is 17.4. The molecule has 7 heteroatoms. The molecule has 1 spiro atoms. The zero-order valence-electron chi connectivity index (χ0n) is 15.9. The predicted molar refractivity (Wildman–Crippen MR) is 102 cm³/mol. The van der Waals surface area contributed by atoms with Crippen molar-refractivity contribution in [1.29, 1.82) is 0 Å². The van der Waals surface area contributed by atoms with Gasteiger partial charge in [-0.05, 0) is 38.1 Å². The van der Waals surface area contributed by atoms with Crippen LogP contribution in [0, 0.1) is 19.3 Å². The first-order valence-electron chi connectivity index (χ1n) is 9.12. The molecule has 3 heterocycles. The summed E-state index contributed by atoms with van der Waals surface area (Å²) in [6, 6.07) is 8.05. The maximum atomic E-state index is 12.6. The van der Waals surface area contributed by atoms with Crippen LogP contribution in [0.4, 0.5) is 5.69 Å². The molecule has 0 bridgehead atoms. The molecule has 2 fully saturated rings. The van der Waals surface area contributed by atoms with E-state index in [2.05, 4.69) is 27.0 Å². The maximum absolute atomic E-state index is 12.6. The van der Waals surface area contributed by atoms with Crippen LogP contribution >= 0.6 is 0 Å². The number of methoxy groups -OCH3 is 1. The Hall–Kier alpha value is -2.83. The Morgan fingerprint density at radius 1 is 1.19 bits per heavy atom. The highest BCUT2D eigenvalue weighted by atomic mass is 16.5. The summed E-state index contributed by atoms with van der Waals surface area (Å²) in [6.45, 7) is 6.94. The number of aryl methyl sites for hydroxylation is 2. The summed E-state index contributed by atoms with van der Waals surface area (Å²) < 4.78 is 5.19. The molecule has 27 heavy (non-hydrogen) atoms. The van der Waals surface area contributed by atoms with Gasteiger partial charge in [-0.1, -0.05) is 0 Å². The van der Waals surface area contributed by atoms with Crippen molar-refractivity contribution in [1.82, 2.24) is 14.9 Å². The van der Waals surface area contributed by atoms with Gasteiger partial charge in [-0.15, -0.1) is 0 Å². The number of benzene rings is 1. The second-order valence-corrected chi connectivity index (χ2v) is 7.70. The summed E-state index contributed by atoms with van der Waals surface area (Å²) in [5.74, 6) is 1.43. The average molecular weight is 368 g/mol. The van der Waals surface area contributed by atoms with E-state index in [4.69, 9.17) is 4.74 Å². The van der Waals surface area contributed by atoms with Crippen LogP contribution in [0.15, 0.2) is 29.1 Å². The van der Waals surface area contributed by atoms with Crippen LogP contribution in [-0.4, -0.2) is 54.1 Å². The number of carbonyl (C=O) groups excluding carboxylic acids is 1. The number of amides is 1. The van der Waals surface area contributed by atoms with E-state index in [-0.39, 0.29) is 23.3 Å². The van der Waals surface area contributed by atoms with Gasteiger partial charge >= 0.3 is 0 Å². The number of nitrogens with one attached hydrogen (secondary N) is 1. The number of ether oxygens (including phenoxy) is 1. The van der Waals surface area contributed by atoms with Gasteiger partial charge < -0.3 is 19.5 Å². The molecule has 1 aromatic carbocycles. The van der Waals surface area contributed by atoms with E-state index in [1.807, 2.05) is 17.0 Å². The number of hydrogen-bond donors (Lipinski definition) is 1. The third-order valence-electron chi connectivity index (χ3n) is 5.56. The third-order valence-corrected chi connectivity index (χ3v) is 5.56. The second kappa shape index (κ2) is 6.40. The molecule has 0 radical (unpaired) electrons. The van der Waals surface area contributed by atoms with Crippen molar-refractivity contribution in [2.75, 3.05) is 38.2 Å². The summed E-state index contributed by atoms with van der Waals surface area (Å²) in [4.78, 5) is 35.7. The predicted octanol–water partition coefficient (Wildman–Crippen LogP) is 1.29. The molecule has 0 atom stereocenters. The van der Waals surface area contributed by atoms with E-state index < -0.39 is 0 Å². The van der Waals surface area contributed by atoms with Crippen molar-refractivity contribution in [3.63, 3.8) is 0 Å². The zero-order valence-corrected chi connectivity index (χ0v) is 15.9. The molecule has 0 saturated carbocycles. The lowest BCUT2D eigenvalue weighted by molar-refractivity contribution is -0.144. The van der Waals surface area contributed by atoms with Gasteiger partial charge in [0.25, 0.3) is 5.56 Å². The Morgan fingerprint density at radius 3 is 2.44 bits per heavy atom. The molecule has 0 aliphatic carbocycles. The van der Waals surface area contributed by atoms with Gasteiger partial charge in [-0.3, -0.25) is 9.59 Å². The molecule has 1 N–H and O–H groups in total. The fourth-order valence-corrected chi connectivity index (χ4v) is 4.10. The van der Waals surface area contributed by atoms with Gasteiger partial charge in [-0.2, -0.15) is 0 Å². The lowest BCUT2D eigenvalue weighted by atomic mass is 9.72. The topological polar surface area (TPSA) is 78.5 Å². The first kappa shape index (κ1) is 17.6. The van der Waals surface area contributed by atoms with Gasteiger partial charge in [0.2, 0.25) is 5.91 Å². The highest BCUT2D eigenvalue weighted by Crippen LogP contribution is 2.42. The number of carbonyl (C=O) groups is 1. The fourth-order valence-electron chi connectivity index (χ4n) is 4.10. The molecule has 2 aliphatic rings. The molecule has 2 aliphatic heterocycles. The summed E-state index contributed by atoms with van der Waals surface area (Å²) in [7, 11) is 1.66. The lowest BCUT2D eigenvalue weighted by Crippen LogP contribution is -2.73. The number of H-pyrrole nitrogens is 1. The van der Waals surface area contributed by atoms with Crippen LogP contribution in [0.1, 0.15) is 17.1 Å². The van der Waals surface area contributed by atoms with E-state index in [1.165, 1.54) is 5.69 Å². The minimum absolute atomic E-state index is 0.00257. The largest absolute Gasteiger partial charge is 0.497 e. The Balaban J connectivity index is 1.32. The van der Waals surface area contributed by atoms with E-state index in [0.29, 0.717) is 17.1 Å². The summed E-state index contributed by atoms with van der Waals surface area (Å²) >= 11 is 0. The second-order valence-electron chi connectivity index (χ2n) is 7.70. The quantitative estimate of drug-likeness (QED) is 0.880. The monoisotopic (exact) mass is 368 g/mol. The smallest absolute Gasteiger partial charge is 0.254 e. The van der Waals surface area contributed by atoms with Crippen LogP contribution in [0.5, 0.6) is 5.75 Å². The van der Waals surface area contributed by atoms with Gasteiger partial charge in [0, 0.05) is 48.5 Å². The standard InChI is InChI=1S/C20H24N4O3/c1-13-17(19(26)22-14(2)21-13)8-18(25)24-11-20(12-24)9-23(10-20)15-4-6-16(27-3)7-5-15/h4-7H,8-12H2,1-3H3,(H,21,22,26). The zero-order chi connectivity index (χ0) is 19.2. The van der Waals surface area contributed by atoms with Crippen molar-refractivity contribution in [2.45, 2.75) is 20.3 Å². The molecule has 142 valence electrons. The number of aromatic nitrogens is 2. The lowest BCUT2D eigenvalue weighted by Gasteiger charge is -2.61. The molecule has 0 unspecified atom stereocenters. The Kier molecular flexibility index (Phi) is 4.17. The average Bonchev–Trinajstić information content (AvgIpc) is 2.56. The van der Waals surface area contributed by atoms with E-state index >= 15 is 0 Å². The van der Waals surface area contributed by atoms with Crippen molar-refractivity contribution >= 4 is 11.6 Å². The van der Waals surface area contributed by atoms with Crippen LogP contribution in [0.25, 0.3) is 0 Å². The minimum Gasteiger partial charge on any atom is -0.497 e. The molecular formula is C20H24N4O3. The van der Waals surface area contributed by atoms with E-state index in [1.54, 1.807) is 21.0 Å². The molecular weight excluding hydrogens is 344 g/mol. The molecule has 1 amide bonds. The molecule has 4 rings (SSSR count). The minimum atomic E-state index is -0.210. The number of hydrogen-bond acceptors (Lipinski definition) is 5. The van der Waals surface area contributed by atoms with Crippen LogP contribution in [-0.2, 0) is 11.2 Å². The first-order chi connectivity index (χ1) is 12.9. The molecule has 2 saturated heterocycles. The number of likely N-dealkylation sites (tertiary alicyclic amines) is 1. The van der Waals surface area contributed by atoms with Gasteiger partial charge in [-0.25, -0.2) is 4.98 Å². The highest BCUT2D eigenvalue weighted by molar-refractivity contribution is 5.80. The third kappa shape index (κ3) is 3.18. The summed E-state index contributed by atoms with van der Waals surface area (Å²) in [6.07, 6.45) is 0.118. The first-order valence-corrected chi connectivity index (χ1v) is 9.12. The number of nitrogens with zero attached hydrogens (tertiary/aromatic N) is 3. The number of anilines is 1. The van der Waals surface area contributed by atoms with Crippen molar-refractivity contribution in [3.05, 3.63) is 51.7 Å². The summed E-state index contributed by atoms with van der Waals surface area (Å²) in [5.41, 5.74) is 2.27. The van der Waals surface area contributed by atoms with Gasteiger partial charge in [0.05, 0.1) is 13.5 Å². The number of aromatic amines is 1. The van der Waals surface area contributed by atoms with Crippen molar-refractivity contribution in [3.8, 4) is 5.75 Å². The van der Waals surface area contributed by atoms with Crippen LogP contribution in [0.2, 0.25) is 0 Å². The van der Waals surface area contributed by atoms with Crippen molar-refractivity contribution in [2.24, 2.45) is 5.41 Å². The fraction of sp³-hybridized carbons (Fsp3) is 0.450. The van der Waals surface area contributed by atoms with Crippen molar-refractivity contribution < 1.29 is 9.53 Å². The Morgan fingerprint density at radius 2 is 1.85 bits per heavy atom. The molecule has 7 nitrogen and oxygen atoms in total. The Bertz CT molecular complexity index is 921. The number of rotatable bonds is 4. The van der Waals surface area contributed by atoms with E-state index in [0.717, 1.165) is 31.9 Å². The highest BCUT2D eigenvalue weighted by Gasteiger charge is 2.53. The Labute approximate surface area is 158 Å². The molecule has 1 aromatic heterocycles. The maximum Gasteiger partial charge on any atom is 0.254 e. The molecule has 2 aromatic rings. The van der Waals surface area contributed by atoms with E-state index in [9.17, 15) is 9.59 Å².